The van der Waals surface area contributed by atoms with Gasteiger partial charge in [-0.1, -0.05) is 36.4 Å². The van der Waals surface area contributed by atoms with Crippen molar-refractivity contribution in [3.63, 3.8) is 0 Å². The smallest absolute Gasteiger partial charge is 0.223 e. The van der Waals surface area contributed by atoms with Crippen molar-refractivity contribution >= 4 is 20.8 Å². The van der Waals surface area contributed by atoms with E-state index in [-0.39, 0.29) is 0 Å². The Morgan fingerprint density at radius 2 is 1.84 bits per heavy atom. The molecule has 0 aliphatic rings. The van der Waals surface area contributed by atoms with Crippen molar-refractivity contribution in [3.8, 4) is 22.6 Å². The second-order valence-electron chi connectivity index (χ2n) is 7.39. The number of sulfonamides is 1. The third kappa shape index (κ3) is 4.35. The number of nitrogens with zero attached hydrogens (tertiary/aromatic N) is 2. The Bertz CT molecular complexity index is 1440. The predicted molar refractivity (Wildman–Crippen MR) is 121 cm³/mol. The Kier molecular flexibility index (Phi) is 5.34. The average molecular weight is 436 g/mol. The first-order chi connectivity index (χ1) is 14.7. The van der Waals surface area contributed by atoms with Crippen molar-refractivity contribution in [2.24, 2.45) is 0 Å². The number of hydrogen-bond acceptors (Lipinski definition) is 5. The minimum Gasteiger partial charge on any atom is -0.503 e. The summed E-state index contributed by atoms with van der Waals surface area (Å²) in [4.78, 5) is 16.4. The number of fused-ring (bicyclic) bond motifs is 1. The van der Waals surface area contributed by atoms with E-state index < -0.39 is 27.2 Å². The normalized spacial score (nSPS) is 12.7. The van der Waals surface area contributed by atoms with Crippen molar-refractivity contribution in [3.05, 3.63) is 89.1 Å². The lowest BCUT2D eigenvalue weighted by atomic mass is 10.0. The fraction of sp³-hybridized carbons (Fsp3) is 0.130. The van der Waals surface area contributed by atoms with Crippen molar-refractivity contribution in [2.75, 3.05) is 6.26 Å². The maximum absolute atomic E-state index is 12.1. The van der Waals surface area contributed by atoms with Crippen LogP contribution >= 0.6 is 0 Å². The van der Waals surface area contributed by atoms with E-state index in [1.54, 1.807) is 23.9 Å². The topological polar surface area (TPSA) is 101 Å². The summed E-state index contributed by atoms with van der Waals surface area (Å²) in [7, 11) is -3.51. The van der Waals surface area contributed by atoms with Gasteiger partial charge in [-0.2, -0.15) is 0 Å². The number of hydrogen-bond donors (Lipinski definition) is 2. The van der Waals surface area contributed by atoms with Gasteiger partial charge in [0.2, 0.25) is 15.5 Å². The summed E-state index contributed by atoms with van der Waals surface area (Å²) in [6.07, 6.45) is 5.96. The zero-order chi connectivity index (χ0) is 22.2. The van der Waals surface area contributed by atoms with Crippen LogP contribution in [0.25, 0.3) is 27.6 Å². The molecule has 1 unspecified atom stereocenters. The Labute approximate surface area is 179 Å². The molecule has 2 aromatic heterocycles. The van der Waals surface area contributed by atoms with Gasteiger partial charge >= 0.3 is 0 Å². The second kappa shape index (κ2) is 7.98. The predicted octanol–water partition coefficient (Wildman–Crippen LogP) is 3.37. The quantitative estimate of drug-likeness (QED) is 0.501. The molecule has 0 aliphatic carbocycles. The largest absolute Gasteiger partial charge is 0.503 e. The molecule has 0 aliphatic heterocycles. The van der Waals surface area contributed by atoms with Crippen molar-refractivity contribution in [2.45, 2.75) is 13.0 Å². The first-order valence-electron chi connectivity index (χ1n) is 9.59. The van der Waals surface area contributed by atoms with Gasteiger partial charge in [0.25, 0.3) is 0 Å². The van der Waals surface area contributed by atoms with Crippen molar-refractivity contribution < 1.29 is 13.5 Å². The van der Waals surface area contributed by atoms with Gasteiger partial charge in [0, 0.05) is 40.8 Å². The standard InChI is InChI=1S/C23H21N3O4S/c1-15(25-31(2,29)30)21-11-22(27)23(28)14-26(21)18-8-5-7-16(10-18)20-13-24-12-17-6-3-4-9-19(17)20/h3-15,25,28H,1-2H3. The van der Waals surface area contributed by atoms with E-state index >= 15 is 0 Å². The highest BCUT2D eigenvalue weighted by atomic mass is 32.2. The molecule has 0 spiro atoms. The van der Waals surface area contributed by atoms with Crippen LogP contribution in [0.1, 0.15) is 18.7 Å². The van der Waals surface area contributed by atoms with Gasteiger partial charge in [-0.25, -0.2) is 13.1 Å². The molecular weight excluding hydrogens is 414 g/mol. The fourth-order valence-corrected chi connectivity index (χ4v) is 4.41. The number of aromatic hydroxyl groups is 1. The molecule has 4 aromatic rings. The van der Waals surface area contributed by atoms with E-state index in [4.69, 9.17) is 0 Å². The lowest BCUT2D eigenvalue weighted by Gasteiger charge is -2.20. The number of nitrogens with one attached hydrogen (secondary N) is 1. The van der Waals surface area contributed by atoms with Crippen LogP contribution in [0.3, 0.4) is 0 Å². The fourth-order valence-electron chi connectivity index (χ4n) is 3.65. The van der Waals surface area contributed by atoms with Crippen LogP contribution in [0.4, 0.5) is 0 Å². The number of pyridine rings is 2. The third-order valence-electron chi connectivity index (χ3n) is 5.00. The molecule has 0 amide bonds. The summed E-state index contributed by atoms with van der Waals surface area (Å²) in [6, 6.07) is 16.0. The molecule has 2 aromatic carbocycles. The summed E-state index contributed by atoms with van der Waals surface area (Å²) < 4.78 is 27.5. The van der Waals surface area contributed by atoms with Gasteiger partial charge in [0.05, 0.1) is 18.5 Å². The van der Waals surface area contributed by atoms with Crippen LogP contribution in [0, 0.1) is 0 Å². The maximum Gasteiger partial charge on any atom is 0.223 e. The third-order valence-corrected chi connectivity index (χ3v) is 5.78. The van der Waals surface area contributed by atoms with Gasteiger partial charge in [0.1, 0.15) is 0 Å². The van der Waals surface area contributed by atoms with Gasteiger partial charge in [-0.15, -0.1) is 0 Å². The van der Waals surface area contributed by atoms with Crippen LogP contribution in [-0.2, 0) is 10.0 Å². The van der Waals surface area contributed by atoms with E-state index in [1.807, 2.05) is 48.5 Å². The van der Waals surface area contributed by atoms with Crippen molar-refractivity contribution in [1.29, 1.82) is 0 Å². The molecule has 2 N–H and O–H groups in total. The summed E-state index contributed by atoms with van der Waals surface area (Å²) in [5.74, 6) is -0.424. The summed E-state index contributed by atoms with van der Waals surface area (Å²) in [5, 5.41) is 12.1. The van der Waals surface area contributed by atoms with Gasteiger partial charge in [0.15, 0.2) is 5.75 Å². The van der Waals surface area contributed by atoms with E-state index in [0.717, 1.165) is 28.2 Å². The summed E-state index contributed by atoms with van der Waals surface area (Å²) in [6.45, 7) is 1.64. The minimum absolute atomic E-state index is 0.404. The monoisotopic (exact) mass is 435 g/mol. The number of benzene rings is 2. The van der Waals surface area contributed by atoms with Crippen LogP contribution in [0.15, 0.2) is 78.0 Å². The van der Waals surface area contributed by atoms with Gasteiger partial charge in [-0.3, -0.25) is 9.78 Å². The molecule has 1 atom stereocenters. The Balaban J connectivity index is 1.88. The van der Waals surface area contributed by atoms with E-state index in [2.05, 4.69) is 9.71 Å². The molecule has 0 radical (unpaired) electrons. The minimum atomic E-state index is -3.51. The SMILES string of the molecule is CC(NS(C)(=O)=O)c1cc(=O)c(O)cn1-c1cccc(-c2cncc3ccccc23)c1. The van der Waals surface area contributed by atoms with Crippen molar-refractivity contribution in [1.82, 2.24) is 14.3 Å². The van der Waals surface area contributed by atoms with Crippen LogP contribution in [-0.4, -0.2) is 29.3 Å². The lowest BCUT2D eigenvalue weighted by Crippen LogP contribution is -2.28. The highest BCUT2D eigenvalue weighted by Gasteiger charge is 2.17. The van der Waals surface area contributed by atoms with Gasteiger partial charge < -0.3 is 9.67 Å². The van der Waals surface area contributed by atoms with Crippen LogP contribution in [0.2, 0.25) is 0 Å². The molecular formula is C23H21N3O4S. The Morgan fingerprint density at radius 1 is 1.06 bits per heavy atom. The zero-order valence-electron chi connectivity index (χ0n) is 17.0. The molecule has 4 rings (SSSR count). The summed E-state index contributed by atoms with van der Waals surface area (Å²) in [5.41, 5.74) is 2.32. The van der Waals surface area contributed by atoms with E-state index in [0.29, 0.717) is 11.4 Å². The average Bonchev–Trinajstić information content (AvgIpc) is 2.74. The highest BCUT2D eigenvalue weighted by Crippen LogP contribution is 2.30. The molecule has 158 valence electrons. The summed E-state index contributed by atoms with van der Waals surface area (Å²) >= 11 is 0. The Morgan fingerprint density at radius 3 is 2.61 bits per heavy atom. The molecule has 0 saturated heterocycles. The lowest BCUT2D eigenvalue weighted by molar-refractivity contribution is 0.463. The second-order valence-corrected chi connectivity index (χ2v) is 9.17. The van der Waals surface area contributed by atoms with Crippen LogP contribution in [0.5, 0.6) is 5.75 Å². The first kappa shape index (κ1) is 20.8. The molecule has 8 heteroatoms. The first-order valence-corrected chi connectivity index (χ1v) is 11.5. The molecule has 2 heterocycles. The molecule has 31 heavy (non-hydrogen) atoms. The molecule has 7 nitrogen and oxygen atoms in total. The molecule has 0 fully saturated rings. The molecule has 0 saturated carbocycles. The maximum atomic E-state index is 12.1. The van der Waals surface area contributed by atoms with E-state index in [9.17, 15) is 18.3 Å². The number of rotatable bonds is 5. The van der Waals surface area contributed by atoms with Gasteiger partial charge in [-0.05, 0) is 30.0 Å². The van der Waals surface area contributed by atoms with Crippen LogP contribution < -0.4 is 10.2 Å². The highest BCUT2D eigenvalue weighted by molar-refractivity contribution is 7.88. The Hall–Kier alpha value is -3.49. The molecule has 0 bridgehead atoms. The van der Waals surface area contributed by atoms with E-state index in [1.165, 1.54) is 12.3 Å². The zero-order valence-corrected chi connectivity index (χ0v) is 17.8. The number of aromatic nitrogens is 2.